The van der Waals surface area contributed by atoms with Gasteiger partial charge < -0.3 is 10.2 Å². The van der Waals surface area contributed by atoms with E-state index in [1.165, 1.54) is 5.56 Å². The second-order valence-corrected chi connectivity index (χ2v) is 7.13. The summed E-state index contributed by atoms with van der Waals surface area (Å²) in [6.45, 7) is 4.02. The van der Waals surface area contributed by atoms with E-state index in [2.05, 4.69) is 29.3 Å². The van der Waals surface area contributed by atoms with Gasteiger partial charge in [0.25, 0.3) is 0 Å². The van der Waals surface area contributed by atoms with Crippen LogP contribution in [0.2, 0.25) is 0 Å². The van der Waals surface area contributed by atoms with E-state index in [1.807, 2.05) is 55.6 Å². The van der Waals surface area contributed by atoms with E-state index in [9.17, 15) is 10.2 Å². The third-order valence-electron chi connectivity index (χ3n) is 5.03. The predicted molar refractivity (Wildman–Crippen MR) is 116 cm³/mol. The van der Waals surface area contributed by atoms with Gasteiger partial charge in [-0.3, -0.25) is 4.57 Å². The minimum Gasteiger partial charge on any atom is -0.505 e. The van der Waals surface area contributed by atoms with Crippen molar-refractivity contribution in [1.29, 1.82) is 0 Å². The van der Waals surface area contributed by atoms with Crippen molar-refractivity contribution in [3.05, 3.63) is 78.0 Å². The second-order valence-electron chi connectivity index (χ2n) is 7.13. The lowest BCUT2D eigenvalue weighted by Crippen LogP contribution is -1.92. The Hall–Kier alpha value is -3.60. The highest BCUT2D eigenvalue weighted by Crippen LogP contribution is 2.39. The monoisotopic (exact) mass is 385 g/mol. The molecule has 0 amide bonds. The first-order valence-electron chi connectivity index (χ1n) is 9.71. The maximum absolute atomic E-state index is 10.7. The van der Waals surface area contributed by atoms with Crippen molar-refractivity contribution in [2.45, 2.75) is 26.7 Å². The predicted octanol–water partition coefficient (Wildman–Crippen LogP) is 6.72. The summed E-state index contributed by atoms with van der Waals surface area (Å²) in [7, 11) is 0. The molecule has 0 unspecified atom stereocenters. The average molecular weight is 385 g/mol. The molecule has 0 aliphatic heterocycles. The Kier molecular flexibility index (Phi) is 5.04. The van der Waals surface area contributed by atoms with Crippen LogP contribution < -0.4 is 0 Å². The number of hydrogen-bond acceptors (Lipinski definition) is 4. The highest BCUT2D eigenvalue weighted by atomic mass is 16.3. The van der Waals surface area contributed by atoms with Crippen molar-refractivity contribution in [2.24, 2.45) is 10.2 Å². The van der Waals surface area contributed by atoms with Gasteiger partial charge in [0.1, 0.15) is 5.69 Å². The molecule has 1 aromatic heterocycles. The Labute approximate surface area is 169 Å². The van der Waals surface area contributed by atoms with Crippen LogP contribution >= 0.6 is 0 Å². The molecule has 0 atom stereocenters. The van der Waals surface area contributed by atoms with Gasteiger partial charge in [-0.1, -0.05) is 55.8 Å². The molecule has 0 fully saturated rings. The van der Waals surface area contributed by atoms with Gasteiger partial charge in [0, 0.05) is 17.3 Å². The van der Waals surface area contributed by atoms with E-state index in [1.54, 1.807) is 10.6 Å². The number of hydrogen-bond donors (Lipinski definition) is 2. The van der Waals surface area contributed by atoms with Gasteiger partial charge in [0.05, 0.1) is 0 Å². The smallest absolute Gasteiger partial charge is 0.224 e. The number of fused-ring (bicyclic) bond motifs is 1. The zero-order chi connectivity index (χ0) is 20.4. The molecule has 0 aliphatic carbocycles. The maximum Gasteiger partial charge on any atom is 0.224 e. The molecule has 3 aromatic carbocycles. The molecule has 5 heteroatoms. The molecule has 4 rings (SSSR count). The van der Waals surface area contributed by atoms with Crippen LogP contribution in [0.1, 0.15) is 24.5 Å². The van der Waals surface area contributed by atoms with E-state index < -0.39 is 0 Å². The highest BCUT2D eigenvalue weighted by molar-refractivity contribution is 5.92. The highest BCUT2D eigenvalue weighted by Gasteiger charge is 2.14. The third kappa shape index (κ3) is 3.59. The number of phenolic OH excluding ortho intramolecular Hbond substituents is 1. The fourth-order valence-corrected chi connectivity index (χ4v) is 3.47. The zero-order valence-electron chi connectivity index (χ0n) is 16.5. The molecule has 0 radical (unpaired) electrons. The SMILES string of the molecule is CCCc1ccc(-n2cc(C)c(N=Nc3ccc4ccccc4c3O)c2O)cc1. The number of nitrogens with zero attached hydrogens (tertiary/aromatic N) is 3. The van der Waals surface area contributed by atoms with Crippen LogP contribution in [0, 0.1) is 6.92 Å². The minimum absolute atomic E-state index is 0.0229. The quantitative estimate of drug-likeness (QED) is 0.374. The van der Waals surface area contributed by atoms with Crippen molar-refractivity contribution in [3.8, 4) is 17.3 Å². The molecule has 0 spiro atoms. The summed E-state index contributed by atoms with van der Waals surface area (Å²) < 4.78 is 1.69. The van der Waals surface area contributed by atoms with E-state index >= 15 is 0 Å². The summed E-state index contributed by atoms with van der Waals surface area (Å²) in [5.74, 6) is 0.102. The summed E-state index contributed by atoms with van der Waals surface area (Å²) in [6.07, 6.45) is 3.96. The summed E-state index contributed by atoms with van der Waals surface area (Å²) in [5.41, 5.74) is 3.67. The lowest BCUT2D eigenvalue weighted by atomic mass is 10.1. The van der Waals surface area contributed by atoms with Gasteiger partial charge in [-0.25, -0.2) is 0 Å². The van der Waals surface area contributed by atoms with Crippen LogP contribution in [0.4, 0.5) is 11.4 Å². The molecule has 0 aliphatic rings. The summed E-state index contributed by atoms with van der Waals surface area (Å²) in [5, 5.41) is 31.3. The van der Waals surface area contributed by atoms with E-state index in [-0.39, 0.29) is 11.6 Å². The summed E-state index contributed by atoms with van der Waals surface area (Å²) in [6, 6.07) is 19.3. The Morgan fingerprint density at radius 1 is 0.897 bits per heavy atom. The van der Waals surface area contributed by atoms with Crippen molar-refractivity contribution in [1.82, 2.24) is 4.57 Å². The Balaban J connectivity index is 1.67. The number of rotatable bonds is 5. The first-order valence-corrected chi connectivity index (χ1v) is 9.71. The van der Waals surface area contributed by atoms with E-state index in [0.29, 0.717) is 11.4 Å². The number of aromatic nitrogens is 1. The molecule has 1 heterocycles. The van der Waals surface area contributed by atoms with Gasteiger partial charge in [-0.15, -0.1) is 10.2 Å². The number of aryl methyl sites for hydroxylation is 2. The molecule has 5 nitrogen and oxygen atoms in total. The Bertz CT molecular complexity index is 1190. The summed E-state index contributed by atoms with van der Waals surface area (Å²) >= 11 is 0. The molecular formula is C24H23N3O2. The molecule has 2 N–H and O–H groups in total. The third-order valence-corrected chi connectivity index (χ3v) is 5.03. The number of aromatic hydroxyl groups is 2. The van der Waals surface area contributed by atoms with Crippen LogP contribution in [0.25, 0.3) is 16.5 Å². The van der Waals surface area contributed by atoms with Crippen molar-refractivity contribution in [3.63, 3.8) is 0 Å². The molecular weight excluding hydrogens is 362 g/mol. The van der Waals surface area contributed by atoms with Crippen LogP contribution in [-0.4, -0.2) is 14.8 Å². The normalized spacial score (nSPS) is 11.5. The molecule has 146 valence electrons. The van der Waals surface area contributed by atoms with Crippen LogP contribution in [-0.2, 0) is 6.42 Å². The molecule has 4 aromatic rings. The number of azo groups is 1. The average Bonchev–Trinajstić information content (AvgIpc) is 3.02. The van der Waals surface area contributed by atoms with Gasteiger partial charge in [0.15, 0.2) is 11.4 Å². The lowest BCUT2D eigenvalue weighted by Gasteiger charge is -2.06. The first-order chi connectivity index (χ1) is 14.1. The van der Waals surface area contributed by atoms with E-state index in [4.69, 9.17) is 0 Å². The van der Waals surface area contributed by atoms with E-state index in [0.717, 1.165) is 34.9 Å². The Morgan fingerprint density at radius 3 is 2.41 bits per heavy atom. The van der Waals surface area contributed by atoms with Crippen molar-refractivity contribution >= 4 is 22.1 Å². The van der Waals surface area contributed by atoms with Gasteiger partial charge in [-0.2, -0.15) is 0 Å². The molecule has 0 bridgehead atoms. The lowest BCUT2D eigenvalue weighted by molar-refractivity contribution is 0.444. The molecule has 0 saturated heterocycles. The van der Waals surface area contributed by atoms with Gasteiger partial charge in [-0.05, 0) is 48.1 Å². The fourth-order valence-electron chi connectivity index (χ4n) is 3.47. The Morgan fingerprint density at radius 2 is 1.66 bits per heavy atom. The number of benzene rings is 3. The molecule has 0 saturated carbocycles. The van der Waals surface area contributed by atoms with Crippen LogP contribution in [0.15, 0.2) is 77.1 Å². The van der Waals surface area contributed by atoms with Crippen molar-refractivity contribution < 1.29 is 10.2 Å². The van der Waals surface area contributed by atoms with Crippen LogP contribution in [0.5, 0.6) is 11.6 Å². The van der Waals surface area contributed by atoms with Gasteiger partial charge >= 0.3 is 0 Å². The largest absolute Gasteiger partial charge is 0.505 e. The van der Waals surface area contributed by atoms with Crippen LogP contribution in [0.3, 0.4) is 0 Å². The first kappa shape index (κ1) is 18.7. The van der Waals surface area contributed by atoms with Gasteiger partial charge in [0.2, 0.25) is 5.88 Å². The number of phenols is 1. The fraction of sp³-hybridized carbons (Fsp3) is 0.167. The topological polar surface area (TPSA) is 70.1 Å². The molecule has 29 heavy (non-hydrogen) atoms. The maximum atomic E-state index is 10.7. The van der Waals surface area contributed by atoms with Crippen molar-refractivity contribution in [2.75, 3.05) is 0 Å². The zero-order valence-corrected chi connectivity index (χ0v) is 16.5. The summed E-state index contributed by atoms with van der Waals surface area (Å²) in [4.78, 5) is 0. The second kappa shape index (κ2) is 7.80. The standard InChI is InChI=1S/C24H23N3O2/c1-3-6-17-9-12-19(13-10-17)27-15-16(2)22(24(27)29)26-25-21-14-11-18-7-4-5-8-20(18)23(21)28/h4-5,7-15,28-29H,3,6H2,1-2H3. The minimum atomic E-state index is 0.0229.